The highest BCUT2D eigenvalue weighted by Gasteiger charge is 2.07. The summed E-state index contributed by atoms with van der Waals surface area (Å²) >= 11 is 0. The summed E-state index contributed by atoms with van der Waals surface area (Å²) in [5, 5.41) is 2.52. The van der Waals surface area contributed by atoms with Gasteiger partial charge >= 0.3 is 0 Å². The first-order valence-corrected chi connectivity index (χ1v) is 6.41. The van der Waals surface area contributed by atoms with E-state index in [0.29, 0.717) is 0 Å². The van der Waals surface area contributed by atoms with Crippen LogP contribution < -0.4 is 5.73 Å². The van der Waals surface area contributed by atoms with E-state index in [0.717, 1.165) is 5.69 Å². The Balaban J connectivity index is 0.000000574. The minimum Gasteiger partial charge on any atom is -0.399 e. The molecule has 0 aliphatic carbocycles. The normalized spacial score (nSPS) is 10.4. The number of nitrogens with zero attached hydrogens (tertiary/aromatic N) is 1. The molecule has 0 saturated carbocycles. The summed E-state index contributed by atoms with van der Waals surface area (Å²) in [5.41, 5.74) is 10.4. The van der Waals surface area contributed by atoms with Gasteiger partial charge in [0.05, 0.1) is 0 Å². The number of anilines is 1. The zero-order valence-electron chi connectivity index (χ0n) is 11.5. The fourth-order valence-corrected chi connectivity index (χ4v) is 2.35. The number of aromatic nitrogens is 1. The van der Waals surface area contributed by atoms with Crippen LogP contribution in [0.3, 0.4) is 0 Å². The molecule has 0 aliphatic heterocycles. The Morgan fingerprint density at radius 1 is 0.889 bits per heavy atom. The molecule has 3 rings (SSSR count). The molecule has 18 heavy (non-hydrogen) atoms. The highest BCUT2D eigenvalue weighted by molar-refractivity contribution is 6.09. The van der Waals surface area contributed by atoms with Gasteiger partial charge in [0.1, 0.15) is 0 Å². The van der Waals surface area contributed by atoms with E-state index < -0.39 is 0 Å². The standard InChI is InChI=1S/C14H14N2.C2H6/c1-9-3-5-13-11(7-9)12-8-10(15)4-6-14(12)16(13)2;1-2/h3-8H,15H2,1-2H3;1-2H3. The molecule has 0 radical (unpaired) electrons. The van der Waals surface area contributed by atoms with E-state index >= 15 is 0 Å². The molecule has 2 heteroatoms. The summed E-state index contributed by atoms with van der Waals surface area (Å²) < 4.78 is 2.21. The first kappa shape index (κ1) is 12.5. The van der Waals surface area contributed by atoms with Crippen LogP contribution in [0.5, 0.6) is 0 Å². The molecule has 0 aliphatic rings. The summed E-state index contributed by atoms with van der Waals surface area (Å²) in [6.45, 7) is 6.12. The molecule has 2 nitrogen and oxygen atoms in total. The second-order valence-corrected chi connectivity index (χ2v) is 4.36. The predicted molar refractivity (Wildman–Crippen MR) is 80.9 cm³/mol. The third-order valence-electron chi connectivity index (χ3n) is 3.19. The lowest BCUT2D eigenvalue weighted by Gasteiger charge is -1.97. The van der Waals surface area contributed by atoms with Gasteiger partial charge in [0.2, 0.25) is 0 Å². The van der Waals surface area contributed by atoms with Crippen LogP contribution in [-0.4, -0.2) is 4.57 Å². The SMILES string of the molecule is CC.Cc1ccc2c(c1)c1cc(N)ccc1n2C. The van der Waals surface area contributed by atoms with Crippen molar-refractivity contribution in [3.8, 4) is 0 Å². The van der Waals surface area contributed by atoms with E-state index in [4.69, 9.17) is 5.73 Å². The molecule has 1 heterocycles. The van der Waals surface area contributed by atoms with Crippen molar-refractivity contribution in [3.63, 3.8) is 0 Å². The van der Waals surface area contributed by atoms with Crippen LogP contribution in [0.25, 0.3) is 21.8 Å². The van der Waals surface area contributed by atoms with Crippen molar-refractivity contribution in [2.45, 2.75) is 20.8 Å². The van der Waals surface area contributed by atoms with Crippen LogP contribution in [-0.2, 0) is 7.05 Å². The van der Waals surface area contributed by atoms with E-state index in [1.165, 1.54) is 27.4 Å². The largest absolute Gasteiger partial charge is 0.399 e. The van der Waals surface area contributed by atoms with Crippen molar-refractivity contribution >= 4 is 27.5 Å². The molecule has 0 spiro atoms. The van der Waals surface area contributed by atoms with Gasteiger partial charge in [-0.1, -0.05) is 25.5 Å². The fourth-order valence-electron chi connectivity index (χ4n) is 2.35. The smallest absolute Gasteiger partial charge is 0.0490 e. The van der Waals surface area contributed by atoms with Crippen molar-refractivity contribution in [2.75, 3.05) is 5.73 Å². The quantitative estimate of drug-likeness (QED) is 0.585. The number of hydrogen-bond donors (Lipinski definition) is 1. The van der Waals surface area contributed by atoms with Crippen LogP contribution in [0.1, 0.15) is 19.4 Å². The highest BCUT2D eigenvalue weighted by atomic mass is 14.9. The molecule has 94 valence electrons. The van der Waals surface area contributed by atoms with Crippen molar-refractivity contribution in [3.05, 3.63) is 42.0 Å². The van der Waals surface area contributed by atoms with Gasteiger partial charge in [-0.2, -0.15) is 0 Å². The minimum atomic E-state index is 0.821. The summed E-state index contributed by atoms with van der Waals surface area (Å²) in [4.78, 5) is 0. The zero-order chi connectivity index (χ0) is 13.3. The maximum atomic E-state index is 5.85. The molecule has 0 fully saturated rings. The maximum absolute atomic E-state index is 5.85. The van der Waals surface area contributed by atoms with Gasteiger partial charge in [-0.25, -0.2) is 0 Å². The molecule has 0 atom stereocenters. The third kappa shape index (κ3) is 1.84. The monoisotopic (exact) mass is 240 g/mol. The van der Waals surface area contributed by atoms with E-state index in [9.17, 15) is 0 Å². The van der Waals surface area contributed by atoms with Gasteiger partial charge in [-0.15, -0.1) is 0 Å². The second kappa shape index (κ2) is 4.73. The molecule has 2 N–H and O–H groups in total. The molecule has 0 saturated heterocycles. The van der Waals surface area contributed by atoms with Crippen molar-refractivity contribution in [1.82, 2.24) is 4.57 Å². The average Bonchev–Trinajstić information content (AvgIpc) is 2.65. The van der Waals surface area contributed by atoms with E-state index in [1.807, 2.05) is 19.9 Å². The van der Waals surface area contributed by atoms with Crippen LogP contribution in [0.15, 0.2) is 36.4 Å². The predicted octanol–water partition coefficient (Wildman–Crippen LogP) is 4.25. The molecule has 2 aromatic carbocycles. The van der Waals surface area contributed by atoms with E-state index in [1.54, 1.807) is 0 Å². The van der Waals surface area contributed by atoms with Crippen LogP contribution in [0.2, 0.25) is 0 Å². The number of benzene rings is 2. The van der Waals surface area contributed by atoms with Crippen LogP contribution in [0, 0.1) is 6.92 Å². The highest BCUT2D eigenvalue weighted by Crippen LogP contribution is 2.29. The third-order valence-corrected chi connectivity index (χ3v) is 3.19. The van der Waals surface area contributed by atoms with E-state index in [-0.39, 0.29) is 0 Å². The molecule has 3 aromatic rings. The summed E-state index contributed by atoms with van der Waals surface area (Å²) in [6.07, 6.45) is 0. The summed E-state index contributed by atoms with van der Waals surface area (Å²) in [6, 6.07) is 12.6. The first-order valence-electron chi connectivity index (χ1n) is 6.41. The van der Waals surface area contributed by atoms with Gasteiger partial charge in [-0.3, -0.25) is 0 Å². The molecular formula is C16H20N2. The summed E-state index contributed by atoms with van der Waals surface area (Å²) in [7, 11) is 2.09. The van der Waals surface area contributed by atoms with Gasteiger partial charge in [-0.05, 0) is 37.3 Å². The van der Waals surface area contributed by atoms with Gasteiger partial charge in [0.15, 0.2) is 0 Å². The molecule has 0 bridgehead atoms. The van der Waals surface area contributed by atoms with Gasteiger partial charge in [0, 0.05) is 34.5 Å². The van der Waals surface area contributed by atoms with E-state index in [2.05, 4.69) is 48.9 Å². The Bertz CT molecular complexity index is 634. The molecule has 0 unspecified atom stereocenters. The zero-order valence-corrected chi connectivity index (χ0v) is 11.5. The van der Waals surface area contributed by atoms with Crippen molar-refractivity contribution in [2.24, 2.45) is 7.05 Å². The topological polar surface area (TPSA) is 30.9 Å². The lowest BCUT2D eigenvalue weighted by molar-refractivity contribution is 1.01. The Morgan fingerprint density at radius 3 is 2.11 bits per heavy atom. The van der Waals surface area contributed by atoms with Crippen LogP contribution >= 0.6 is 0 Å². The Hall–Kier alpha value is -1.96. The molecule has 0 amide bonds. The number of nitrogens with two attached hydrogens (primary N) is 1. The van der Waals surface area contributed by atoms with Gasteiger partial charge < -0.3 is 10.3 Å². The Kier molecular flexibility index (Phi) is 3.28. The minimum absolute atomic E-state index is 0.821. The number of nitrogen functional groups attached to an aromatic ring is 1. The number of fused-ring (bicyclic) bond motifs is 3. The lowest BCUT2D eigenvalue weighted by Crippen LogP contribution is -1.87. The van der Waals surface area contributed by atoms with Crippen molar-refractivity contribution in [1.29, 1.82) is 0 Å². The number of rotatable bonds is 0. The summed E-state index contributed by atoms with van der Waals surface area (Å²) in [5.74, 6) is 0. The number of aryl methyl sites for hydroxylation is 2. The fraction of sp³-hybridized carbons (Fsp3) is 0.250. The first-order chi connectivity index (χ1) is 8.66. The maximum Gasteiger partial charge on any atom is 0.0490 e. The second-order valence-electron chi connectivity index (χ2n) is 4.36. The Morgan fingerprint density at radius 2 is 1.44 bits per heavy atom. The van der Waals surface area contributed by atoms with Gasteiger partial charge in [0.25, 0.3) is 0 Å². The average molecular weight is 240 g/mol. The van der Waals surface area contributed by atoms with Crippen molar-refractivity contribution < 1.29 is 0 Å². The van der Waals surface area contributed by atoms with Crippen LogP contribution in [0.4, 0.5) is 5.69 Å². The number of hydrogen-bond acceptors (Lipinski definition) is 1. The molecular weight excluding hydrogens is 220 g/mol. The Labute approximate surface area is 108 Å². The molecule has 1 aromatic heterocycles. The lowest BCUT2D eigenvalue weighted by atomic mass is 10.1.